The summed E-state index contributed by atoms with van der Waals surface area (Å²) in [5, 5.41) is 9.30. The molecule has 8 nitrogen and oxygen atoms in total. The van der Waals surface area contributed by atoms with E-state index in [4.69, 9.17) is 11.6 Å². The standard InChI is InChI=1S/C24H23ClN6O2/c1-17-7-8-19(25)13-21(17)28-9-11-29(12-10-28)23(32)15-30-24(33)22-14-20(27-31(22)16-26-30)18-5-3-2-4-6-18/h2-8,13-14,16H,9-12,15H2,1H3. The Balaban J connectivity index is 1.29. The Bertz CT molecular complexity index is 1370. The number of nitrogens with zero attached hydrogens (tertiary/aromatic N) is 6. The predicted molar refractivity (Wildman–Crippen MR) is 128 cm³/mol. The van der Waals surface area contributed by atoms with Crippen LogP contribution in [-0.2, 0) is 11.3 Å². The van der Waals surface area contributed by atoms with Gasteiger partial charge in [0.1, 0.15) is 18.4 Å². The van der Waals surface area contributed by atoms with Crippen LogP contribution in [0.25, 0.3) is 16.8 Å². The van der Waals surface area contributed by atoms with Gasteiger partial charge in [-0.2, -0.15) is 10.2 Å². The molecule has 4 aromatic rings. The second-order valence-electron chi connectivity index (χ2n) is 8.12. The minimum atomic E-state index is -0.339. The Labute approximate surface area is 195 Å². The summed E-state index contributed by atoms with van der Waals surface area (Å²) in [7, 11) is 0. The van der Waals surface area contributed by atoms with Crippen LogP contribution in [0.1, 0.15) is 5.56 Å². The normalized spacial score (nSPS) is 14.1. The molecule has 5 rings (SSSR count). The molecule has 0 radical (unpaired) electrons. The Morgan fingerprint density at radius 3 is 2.55 bits per heavy atom. The van der Waals surface area contributed by atoms with Crippen LogP contribution >= 0.6 is 11.6 Å². The SMILES string of the molecule is Cc1ccc(Cl)cc1N1CCN(C(=O)Cn2ncn3nc(-c4ccccc4)cc3c2=O)CC1. The summed E-state index contributed by atoms with van der Waals surface area (Å²) in [5.41, 5.74) is 3.89. The van der Waals surface area contributed by atoms with Crippen molar-refractivity contribution in [3.8, 4) is 11.3 Å². The summed E-state index contributed by atoms with van der Waals surface area (Å²) in [4.78, 5) is 29.9. The lowest BCUT2D eigenvalue weighted by Gasteiger charge is -2.36. The number of rotatable bonds is 4. The number of halogens is 1. The van der Waals surface area contributed by atoms with Gasteiger partial charge in [0.2, 0.25) is 5.91 Å². The van der Waals surface area contributed by atoms with Gasteiger partial charge >= 0.3 is 0 Å². The molecule has 9 heteroatoms. The van der Waals surface area contributed by atoms with Gasteiger partial charge in [-0.1, -0.05) is 48.0 Å². The van der Waals surface area contributed by atoms with Crippen molar-refractivity contribution < 1.29 is 4.79 Å². The first-order valence-corrected chi connectivity index (χ1v) is 11.2. The molecule has 1 amide bonds. The van der Waals surface area contributed by atoms with Gasteiger partial charge in [-0.25, -0.2) is 9.20 Å². The van der Waals surface area contributed by atoms with Crippen LogP contribution in [0.2, 0.25) is 5.02 Å². The molecule has 1 aliphatic rings. The fourth-order valence-electron chi connectivity index (χ4n) is 4.15. The maximum absolute atomic E-state index is 12.9. The maximum Gasteiger partial charge on any atom is 0.293 e. The van der Waals surface area contributed by atoms with Gasteiger partial charge < -0.3 is 9.80 Å². The van der Waals surface area contributed by atoms with Crippen LogP contribution in [0, 0.1) is 6.92 Å². The molecule has 0 saturated carbocycles. The zero-order valence-corrected chi connectivity index (χ0v) is 18.9. The quantitative estimate of drug-likeness (QED) is 0.466. The second-order valence-corrected chi connectivity index (χ2v) is 8.55. The Morgan fingerprint density at radius 2 is 1.79 bits per heavy atom. The third-order valence-electron chi connectivity index (χ3n) is 5.99. The largest absolute Gasteiger partial charge is 0.368 e. The van der Waals surface area contributed by atoms with Gasteiger partial charge in [-0.3, -0.25) is 9.59 Å². The number of hydrogen-bond donors (Lipinski definition) is 0. The minimum absolute atomic E-state index is 0.0998. The zero-order chi connectivity index (χ0) is 22.9. The van der Waals surface area contributed by atoms with Gasteiger partial charge in [-0.05, 0) is 30.7 Å². The van der Waals surface area contributed by atoms with Gasteiger partial charge in [0.15, 0.2) is 0 Å². The van der Waals surface area contributed by atoms with Crippen LogP contribution in [0.3, 0.4) is 0 Å². The van der Waals surface area contributed by atoms with E-state index in [0.717, 1.165) is 16.8 Å². The zero-order valence-electron chi connectivity index (χ0n) is 18.2. The van der Waals surface area contributed by atoms with Crippen LogP contribution in [-0.4, -0.2) is 56.4 Å². The number of carbonyl (C=O) groups is 1. The highest BCUT2D eigenvalue weighted by Gasteiger charge is 2.23. The highest BCUT2D eigenvalue weighted by Crippen LogP contribution is 2.25. The lowest BCUT2D eigenvalue weighted by molar-refractivity contribution is -0.132. The third kappa shape index (κ3) is 4.21. The van der Waals surface area contributed by atoms with Crippen molar-refractivity contribution in [1.82, 2.24) is 24.3 Å². The number of benzene rings is 2. The monoisotopic (exact) mass is 462 g/mol. The molecular weight excluding hydrogens is 440 g/mol. The van der Waals surface area contributed by atoms with E-state index in [-0.39, 0.29) is 18.0 Å². The van der Waals surface area contributed by atoms with E-state index in [1.807, 2.05) is 48.5 Å². The van der Waals surface area contributed by atoms with Crippen LogP contribution in [0.5, 0.6) is 0 Å². The van der Waals surface area contributed by atoms with Gasteiger partial charge in [-0.15, -0.1) is 0 Å². The minimum Gasteiger partial charge on any atom is -0.368 e. The molecule has 33 heavy (non-hydrogen) atoms. The molecule has 0 spiro atoms. The molecule has 0 aliphatic carbocycles. The Hall–Kier alpha value is -3.65. The van der Waals surface area contributed by atoms with E-state index < -0.39 is 0 Å². The number of aryl methyl sites for hydroxylation is 1. The topological polar surface area (TPSA) is 75.7 Å². The number of carbonyl (C=O) groups excluding carboxylic acids is 1. The van der Waals surface area contributed by atoms with E-state index in [9.17, 15) is 9.59 Å². The first-order chi connectivity index (χ1) is 16.0. The van der Waals surface area contributed by atoms with Crippen molar-refractivity contribution in [2.24, 2.45) is 0 Å². The first-order valence-electron chi connectivity index (χ1n) is 10.8. The number of hydrogen-bond acceptors (Lipinski definition) is 5. The molecular formula is C24H23ClN6O2. The van der Waals surface area contributed by atoms with Crippen molar-refractivity contribution in [3.05, 3.63) is 81.9 Å². The number of aromatic nitrogens is 4. The molecule has 0 unspecified atom stereocenters. The van der Waals surface area contributed by atoms with E-state index in [1.54, 1.807) is 11.0 Å². The number of anilines is 1. The van der Waals surface area contributed by atoms with E-state index in [1.165, 1.54) is 15.5 Å². The lowest BCUT2D eigenvalue weighted by atomic mass is 10.1. The molecule has 1 aliphatic heterocycles. The Morgan fingerprint density at radius 1 is 1.03 bits per heavy atom. The molecule has 0 bridgehead atoms. The number of amides is 1. The average molecular weight is 463 g/mol. The Kier molecular flexibility index (Phi) is 5.60. The predicted octanol–water partition coefficient (Wildman–Crippen LogP) is 2.87. The van der Waals surface area contributed by atoms with Crippen molar-refractivity contribution in [1.29, 1.82) is 0 Å². The van der Waals surface area contributed by atoms with Crippen molar-refractivity contribution in [3.63, 3.8) is 0 Å². The lowest BCUT2D eigenvalue weighted by Crippen LogP contribution is -2.50. The van der Waals surface area contributed by atoms with Crippen molar-refractivity contribution in [2.75, 3.05) is 31.1 Å². The molecule has 1 saturated heterocycles. The highest BCUT2D eigenvalue weighted by molar-refractivity contribution is 6.30. The van der Waals surface area contributed by atoms with Crippen LogP contribution in [0.4, 0.5) is 5.69 Å². The molecule has 2 aromatic heterocycles. The number of fused-ring (bicyclic) bond motifs is 1. The summed E-state index contributed by atoms with van der Waals surface area (Å²) in [6.45, 7) is 4.52. The summed E-state index contributed by atoms with van der Waals surface area (Å²) >= 11 is 6.16. The second kappa shape index (κ2) is 8.71. The highest BCUT2D eigenvalue weighted by atomic mass is 35.5. The first kappa shape index (κ1) is 21.2. The third-order valence-corrected chi connectivity index (χ3v) is 6.22. The summed E-state index contributed by atoms with van der Waals surface area (Å²) < 4.78 is 2.67. The smallest absolute Gasteiger partial charge is 0.293 e. The van der Waals surface area contributed by atoms with Gasteiger partial charge in [0, 0.05) is 42.5 Å². The fourth-order valence-corrected chi connectivity index (χ4v) is 4.32. The van der Waals surface area contributed by atoms with Crippen LogP contribution < -0.4 is 10.5 Å². The fraction of sp³-hybridized carbons (Fsp3) is 0.250. The van der Waals surface area contributed by atoms with E-state index >= 15 is 0 Å². The van der Waals surface area contributed by atoms with E-state index in [2.05, 4.69) is 22.0 Å². The van der Waals surface area contributed by atoms with E-state index in [0.29, 0.717) is 42.4 Å². The number of piperazine rings is 1. The summed E-state index contributed by atoms with van der Waals surface area (Å²) in [5.74, 6) is -0.126. The summed E-state index contributed by atoms with van der Waals surface area (Å²) in [6, 6.07) is 17.2. The molecule has 2 aromatic carbocycles. The average Bonchev–Trinajstić information content (AvgIpc) is 3.28. The van der Waals surface area contributed by atoms with Gasteiger partial charge in [0.25, 0.3) is 5.56 Å². The van der Waals surface area contributed by atoms with Gasteiger partial charge in [0.05, 0.1) is 5.69 Å². The van der Waals surface area contributed by atoms with Crippen LogP contribution in [0.15, 0.2) is 65.7 Å². The molecule has 168 valence electrons. The molecule has 0 N–H and O–H groups in total. The molecule has 3 heterocycles. The van der Waals surface area contributed by atoms with Crippen molar-refractivity contribution in [2.45, 2.75) is 13.5 Å². The maximum atomic E-state index is 12.9. The summed E-state index contributed by atoms with van der Waals surface area (Å²) in [6.07, 6.45) is 1.47. The van der Waals surface area contributed by atoms with Crippen molar-refractivity contribution >= 4 is 28.7 Å². The molecule has 0 atom stereocenters. The molecule has 1 fully saturated rings.